The van der Waals surface area contributed by atoms with Gasteiger partial charge in [0.25, 0.3) is 0 Å². The molecule has 1 aliphatic heterocycles. The van der Waals surface area contributed by atoms with Crippen LogP contribution in [-0.2, 0) is 0 Å². The van der Waals surface area contributed by atoms with Crippen LogP contribution in [-0.4, -0.2) is 38.1 Å². The van der Waals surface area contributed by atoms with E-state index in [1.807, 2.05) is 31.2 Å². The number of benzene rings is 2. The van der Waals surface area contributed by atoms with Crippen molar-refractivity contribution in [3.05, 3.63) is 59.0 Å². The second-order valence-electron chi connectivity index (χ2n) is 7.16. The molecule has 2 aromatic carbocycles. The normalized spacial score (nSPS) is 14.7. The van der Waals surface area contributed by atoms with E-state index in [0.717, 1.165) is 11.3 Å². The van der Waals surface area contributed by atoms with E-state index in [-0.39, 0.29) is 11.5 Å². The Labute approximate surface area is 191 Å². The topological polar surface area (TPSA) is 125 Å². The van der Waals surface area contributed by atoms with Gasteiger partial charge in [-0.3, -0.25) is 5.10 Å². The van der Waals surface area contributed by atoms with E-state index in [0.29, 0.717) is 46.6 Å². The van der Waals surface area contributed by atoms with E-state index in [2.05, 4.69) is 16.3 Å². The number of allylic oxidation sites excluding steroid dienone is 1. The lowest BCUT2D eigenvalue weighted by molar-refractivity contribution is 0.323. The van der Waals surface area contributed by atoms with Crippen molar-refractivity contribution in [1.82, 2.24) is 10.2 Å². The second-order valence-corrected chi connectivity index (χ2v) is 7.16. The summed E-state index contributed by atoms with van der Waals surface area (Å²) in [5.74, 6) is 1.85. The molecule has 0 saturated carbocycles. The number of rotatable bonds is 7. The Morgan fingerprint density at radius 3 is 2.30 bits per heavy atom. The molecule has 4 rings (SSSR count). The first-order valence-corrected chi connectivity index (χ1v) is 10.2. The summed E-state index contributed by atoms with van der Waals surface area (Å²) in [6.07, 6.45) is 0. The highest BCUT2D eigenvalue weighted by Crippen LogP contribution is 2.49. The first-order valence-electron chi connectivity index (χ1n) is 10.2. The summed E-state index contributed by atoms with van der Waals surface area (Å²) < 4.78 is 27.7. The van der Waals surface area contributed by atoms with Crippen molar-refractivity contribution in [2.24, 2.45) is 5.73 Å². The number of nitrogens with zero attached hydrogens (tertiary/aromatic N) is 2. The van der Waals surface area contributed by atoms with Gasteiger partial charge >= 0.3 is 0 Å². The molecule has 170 valence electrons. The molecule has 0 fully saturated rings. The molecule has 9 nitrogen and oxygen atoms in total. The van der Waals surface area contributed by atoms with Crippen LogP contribution < -0.4 is 29.4 Å². The van der Waals surface area contributed by atoms with Gasteiger partial charge in [0.05, 0.1) is 45.1 Å². The van der Waals surface area contributed by atoms with E-state index in [4.69, 9.17) is 29.4 Å². The maximum Gasteiger partial charge on any atom is 0.244 e. The summed E-state index contributed by atoms with van der Waals surface area (Å²) in [5, 5.41) is 17.3. The van der Waals surface area contributed by atoms with E-state index < -0.39 is 5.92 Å². The number of H-pyrrole nitrogens is 1. The van der Waals surface area contributed by atoms with Gasteiger partial charge in [-0.05, 0) is 48.9 Å². The van der Waals surface area contributed by atoms with E-state index in [9.17, 15) is 5.26 Å². The fraction of sp³-hybridized carbons (Fsp3) is 0.250. The summed E-state index contributed by atoms with van der Waals surface area (Å²) in [4.78, 5) is 0. The number of aromatic amines is 1. The van der Waals surface area contributed by atoms with Crippen molar-refractivity contribution >= 4 is 0 Å². The first kappa shape index (κ1) is 21.9. The molecule has 3 aromatic rings. The molecule has 2 heterocycles. The Kier molecular flexibility index (Phi) is 6.00. The zero-order valence-electron chi connectivity index (χ0n) is 18.8. The third-order valence-corrected chi connectivity index (χ3v) is 5.41. The van der Waals surface area contributed by atoms with E-state index in [1.165, 1.54) is 21.3 Å². The van der Waals surface area contributed by atoms with Crippen LogP contribution in [0.3, 0.4) is 0 Å². The zero-order valence-corrected chi connectivity index (χ0v) is 18.8. The molecule has 0 bridgehead atoms. The molecule has 0 unspecified atom stereocenters. The van der Waals surface area contributed by atoms with Gasteiger partial charge in [-0.15, -0.1) is 5.10 Å². The van der Waals surface area contributed by atoms with Crippen molar-refractivity contribution < 1.29 is 23.7 Å². The maximum absolute atomic E-state index is 9.96. The number of hydrogen-bond donors (Lipinski definition) is 2. The maximum atomic E-state index is 9.96. The minimum atomic E-state index is -0.576. The average Bonchev–Trinajstić information content (AvgIpc) is 3.26. The summed E-state index contributed by atoms with van der Waals surface area (Å²) in [5.41, 5.74) is 9.31. The van der Waals surface area contributed by atoms with Crippen LogP contribution in [0.4, 0.5) is 0 Å². The number of nitriles is 1. The van der Waals surface area contributed by atoms with Crippen LogP contribution in [0.15, 0.2) is 47.9 Å². The van der Waals surface area contributed by atoms with Gasteiger partial charge in [-0.1, -0.05) is 0 Å². The number of nitrogens with two attached hydrogens (primary N) is 1. The number of aromatic nitrogens is 2. The van der Waals surface area contributed by atoms with Crippen LogP contribution in [0, 0.1) is 11.3 Å². The second kappa shape index (κ2) is 9.04. The van der Waals surface area contributed by atoms with Crippen molar-refractivity contribution in [2.45, 2.75) is 12.8 Å². The molecular weight excluding hydrogens is 424 g/mol. The number of ether oxygens (including phenoxy) is 5. The minimum absolute atomic E-state index is 0.00602. The third-order valence-electron chi connectivity index (χ3n) is 5.41. The minimum Gasteiger partial charge on any atom is -0.494 e. The Morgan fingerprint density at radius 2 is 1.76 bits per heavy atom. The molecule has 0 spiro atoms. The third kappa shape index (κ3) is 3.76. The standard InChI is InChI=1S/C24H24N4O5/c1-5-32-15-8-6-13(7-9-15)21-20-19(16(12-25)23(26)33-24(20)28-27-21)14-10-17(29-2)22(31-4)18(11-14)30-3/h6-11,19H,5,26H2,1-4H3,(H,27,28)/t19-/m1/s1. The van der Waals surface area contributed by atoms with Crippen molar-refractivity contribution in [3.8, 4) is 46.2 Å². The van der Waals surface area contributed by atoms with Crippen molar-refractivity contribution in [1.29, 1.82) is 5.26 Å². The predicted molar refractivity (Wildman–Crippen MR) is 121 cm³/mol. The Morgan fingerprint density at radius 1 is 1.09 bits per heavy atom. The lowest BCUT2D eigenvalue weighted by atomic mass is 9.82. The molecule has 9 heteroatoms. The number of methoxy groups -OCH3 is 3. The fourth-order valence-electron chi connectivity index (χ4n) is 3.95. The van der Waals surface area contributed by atoms with E-state index >= 15 is 0 Å². The summed E-state index contributed by atoms with van der Waals surface area (Å²) in [6, 6.07) is 13.4. The Bertz CT molecular complexity index is 1220. The van der Waals surface area contributed by atoms with Crippen molar-refractivity contribution in [2.75, 3.05) is 27.9 Å². The molecule has 1 atom stereocenters. The molecule has 1 aliphatic rings. The summed E-state index contributed by atoms with van der Waals surface area (Å²) >= 11 is 0. The highest BCUT2D eigenvalue weighted by atomic mass is 16.5. The van der Waals surface area contributed by atoms with Gasteiger partial charge in [-0.25, -0.2) is 0 Å². The van der Waals surface area contributed by atoms with E-state index in [1.54, 1.807) is 12.1 Å². The predicted octanol–water partition coefficient (Wildman–Crippen LogP) is 3.72. The largest absolute Gasteiger partial charge is 0.494 e. The van der Waals surface area contributed by atoms with Crippen molar-refractivity contribution in [3.63, 3.8) is 0 Å². The quantitative estimate of drug-likeness (QED) is 0.560. The van der Waals surface area contributed by atoms with Gasteiger partial charge in [0.2, 0.25) is 17.5 Å². The molecule has 0 radical (unpaired) electrons. The molecule has 0 amide bonds. The van der Waals surface area contributed by atoms with Gasteiger partial charge in [0.15, 0.2) is 11.5 Å². The van der Waals surface area contributed by atoms with Crippen LogP contribution in [0.2, 0.25) is 0 Å². The summed E-state index contributed by atoms with van der Waals surface area (Å²) in [6.45, 7) is 2.50. The number of nitrogens with one attached hydrogen (secondary N) is 1. The average molecular weight is 448 g/mol. The first-order chi connectivity index (χ1) is 16.1. The highest BCUT2D eigenvalue weighted by molar-refractivity contribution is 5.72. The number of fused-ring (bicyclic) bond motifs is 1. The van der Waals surface area contributed by atoms with Crippen LogP contribution in [0.25, 0.3) is 11.3 Å². The molecule has 1 aromatic heterocycles. The summed E-state index contributed by atoms with van der Waals surface area (Å²) in [7, 11) is 4.61. The van der Waals surface area contributed by atoms with Gasteiger partial charge in [0.1, 0.15) is 17.4 Å². The SMILES string of the molecule is CCOc1ccc(-c2[nH]nc3c2[C@H](c2cc(OC)c(OC)c(OC)c2)C(C#N)=C(N)O3)cc1. The highest BCUT2D eigenvalue weighted by Gasteiger charge is 2.36. The Balaban J connectivity index is 1.92. The molecule has 0 aliphatic carbocycles. The van der Waals surface area contributed by atoms with Gasteiger partial charge in [-0.2, -0.15) is 5.26 Å². The molecule has 3 N–H and O–H groups in total. The smallest absolute Gasteiger partial charge is 0.244 e. The molecular formula is C24H24N4O5. The monoisotopic (exact) mass is 448 g/mol. The lowest BCUT2D eigenvalue weighted by Crippen LogP contribution is -2.21. The fourth-order valence-corrected chi connectivity index (χ4v) is 3.95. The van der Waals surface area contributed by atoms with Gasteiger partial charge in [0, 0.05) is 5.56 Å². The lowest BCUT2D eigenvalue weighted by Gasteiger charge is -2.25. The number of hydrogen-bond acceptors (Lipinski definition) is 8. The van der Waals surface area contributed by atoms with Crippen LogP contribution in [0.5, 0.6) is 28.9 Å². The molecule has 33 heavy (non-hydrogen) atoms. The zero-order chi connectivity index (χ0) is 23.5. The molecule has 0 saturated heterocycles. The Hall–Kier alpha value is -4.32. The van der Waals surface area contributed by atoms with Crippen LogP contribution >= 0.6 is 0 Å². The van der Waals surface area contributed by atoms with Gasteiger partial charge < -0.3 is 29.4 Å². The van der Waals surface area contributed by atoms with Crippen LogP contribution in [0.1, 0.15) is 24.0 Å².